The predicted octanol–water partition coefficient (Wildman–Crippen LogP) is 8.59. The highest BCUT2D eigenvalue weighted by Crippen LogP contribution is 2.37. The van der Waals surface area contributed by atoms with Gasteiger partial charge in [0.25, 0.3) is 0 Å². The third-order valence-electron chi connectivity index (χ3n) is 7.17. The Bertz CT molecular complexity index is 1110. The van der Waals surface area contributed by atoms with Crippen LogP contribution in [0.4, 0.5) is 4.39 Å². The number of hydrogen-bond acceptors (Lipinski definition) is 1. The second-order valence-electron chi connectivity index (χ2n) is 9.79. The molecule has 3 aromatic carbocycles. The minimum atomic E-state index is -0.557. The predicted molar refractivity (Wildman–Crippen MR) is 142 cm³/mol. The van der Waals surface area contributed by atoms with Gasteiger partial charge in [0.15, 0.2) is 31.9 Å². The van der Waals surface area contributed by atoms with Crippen molar-refractivity contribution in [3.8, 4) is 17.6 Å². The topological polar surface area (TPSA) is 9.23 Å². The summed E-state index contributed by atoms with van der Waals surface area (Å²) in [6.07, 6.45) is 11.4. The smallest absolute Gasteiger partial charge is 0.170 e. The van der Waals surface area contributed by atoms with E-state index >= 15 is 4.39 Å². The van der Waals surface area contributed by atoms with E-state index in [0.717, 1.165) is 30.6 Å². The minimum absolute atomic E-state index is 0.295. The van der Waals surface area contributed by atoms with Crippen LogP contribution in [0.3, 0.4) is 0 Å². The van der Waals surface area contributed by atoms with Gasteiger partial charge >= 0.3 is 0 Å². The van der Waals surface area contributed by atoms with Gasteiger partial charge in [-0.2, -0.15) is 0 Å². The van der Waals surface area contributed by atoms with E-state index in [1.807, 2.05) is 48.5 Å². The van der Waals surface area contributed by atoms with E-state index in [4.69, 9.17) is 4.74 Å². The van der Waals surface area contributed by atoms with Crippen molar-refractivity contribution in [2.45, 2.75) is 84.5 Å². The molecule has 2 aliphatic rings. The Morgan fingerprint density at radius 3 is 1.91 bits per heavy atom. The van der Waals surface area contributed by atoms with Gasteiger partial charge in [0.1, 0.15) is 0 Å². The maximum Gasteiger partial charge on any atom is 0.170 e. The van der Waals surface area contributed by atoms with Crippen LogP contribution < -0.4 is 4.74 Å². The van der Waals surface area contributed by atoms with Crippen molar-refractivity contribution < 1.29 is 9.13 Å². The van der Waals surface area contributed by atoms with E-state index in [2.05, 4.69) is 36.1 Å². The Labute approximate surface area is 212 Å². The van der Waals surface area contributed by atoms with Crippen LogP contribution in [0.2, 0.25) is 0 Å². The van der Waals surface area contributed by atoms with Crippen LogP contribution in [0.25, 0.3) is 0 Å². The molecule has 35 heavy (non-hydrogen) atoms. The lowest BCUT2D eigenvalue weighted by atomic mass is 9.83. The Balaban J connectivity index is 1.43. The zero-order chi connectivity index (χ0) is 23.9. The number of rotatable bonds is 5. The van der Waals surface area contributed by atoms with Gasteiger partial charge in [0.05, 0.1) is 10.9 Å². The summed E-state index contributed by atoms with van der Waals surface area (Å²) in [6.45, 7) is 0. The molecule has 5 rings (SSSR count). The van der Waals surface area contributed by atoms with E-state index in [9.17, 15) is 0 Å². The highest BCUT2D eigenvalue weighted by Gasteiger charge is 2.35. The van der Waals surface area contributed by atoms with Crippen molar-refractivity contribution in [3.05, 3.63) is 84.7 Å². The number of halogens is 1. The molecule has 0 atom stereocenters. The lowest BCUT2D eigenvalue weighted by Crippen LogP contribution is -2.37. The normalized spacial score (nSPS) is 18.0. The molecule has 0 radical (unpaired) electrons. The van der Waals surface area contributed by atoms with Gasteiger partial charge in [-0.05, 0) is 74.9 Å². The van der Waals surface area contributed by atoms with Crippen LogP contribution in [0.1, 0.15) is 64.2 Å². The molecule has 1 nitrogen and oxygen atoms in total. The molecule has 0 saturated heterocycles. The van der Waals surface area contributed by atoms with Gasteiger partial charge in [-0.15, -0.1) is 0 Å². The number of hydrogen-bond donors (Lipinski definition) is 0. The number of benzene rings is 3. The molecule has 0 aromatic heterocycles. The van der Waals surface area contributed by atoms with Crippen LogP contribution in [0.5, 0.6) is 5.75 Å². The first kappa shape index (κ1) is 24.0. The summed E-state index contributed by atoms with van der Waals surface area (Å²) in [4.78, 5) is 3.31. The first-order valence-corrected chi connectivity index (χ1v) is 14.3. The molecule has 0 bridgehead atoms. The molecule has 0 spiro atoms. The average molecular weight is 486 g/mol. The van der Waals surface area contributed by atoms with Gasteiger partial charge in [-0.25, -0.2) is 4.39 Å². The third-order valence-corrected chi connectivity index (χ3v) is 9.39. The largest absolute Gasteiger partial charge is 0.472 e. The SMILES string of the molecule is Fc1cc([S+](c2ccccc2)c2ccccc2)ccc1OC1(C#CC2CCCCC2)CCCCC1. The van der Waals surface area contributed by atoms with Gasteiger partial charge in [-0.1, -0.05) is 73.9 Å². The second-order valence-corrected chi connectivity index (χ2v) is 11.8. The van der Waals surface area contributed by atoms with E-state index in [0.29, 0.717) is 11.7 Å². The minimum Gasteiger partial charge on any atom is -0.472 e. The van der Waals surface area contributed by atoms with Crippen molar-refractivity contribution in [2.75, 3.05) is 0 Å². The lowest BCUT2D eigenvalue weighted by molar-refractivity contribution is 0.0820. The van der Waals surface area contributed by atoms with Crippen molar-refractivity contribution >= 4 is 10.9 Å². The Morgan fingerprint density at radius 2 is 1.31 bits per heavy atom. The van der Waals surface area contributed by atoms with E-state index < -0.39 is 5.60 Å². The first-order valence-electron chi connectivity index (χ1n) is 13.1. The van der Waals surface area contributed by atoms with Gasteiger partial charge in [0, 0.05) is 12.0 Å². The monoisotopic (exact) mass is 485 g/mol. The van der Waals surface area contributed by atoms with Crippen molar-refractivity contribution in [2.24, 2.45) is 5.92 Å². The average Bonchev–Trinajstić information content (AvgIpc) is 2.92. The van der Waals surface area contributed by atoms with Crippen LogP contribution in [0, 0.1) is 23.6 Å². The van der Waals surface area contributed by atoms with E-state index in [1.165, 1.54) is 48.3 Å². The molecule has 0 unspecified atom stereocenters. The molecule has 0 heterocycles. The lowest BCUT2D eigenvalue weighted by Gasteiger charge is -2.33. The Kier molecular flexibility index (Phi) is 7.79. The quantitative estimate of drug-likeness (QED) is 0.260. The molecular formula is C32H34FOS+. The maximum atomic E-state index is 15.6. The van der Waals surface area contributed by atoms with Gasteiger partial charge in [-0.3, -0.25) is 0 Å². The fourth-order valence-electron chi connectivity index (χ4n) is 5.28. The van der Waals surface area contributed by atoms with Crippen LogP contribution >= 0.6 is 0 Å². The van der Waals surface area contributed by atoms with Crippen molar-refractivity contribution in [1.29, 1.82) is 0 Å². The van der Waals surface area contributed by atoms with Crippen LogP contribution in [-0.2, 0) is 10.9 Å². The molecule has 2 aliphatic carbocycles. The summed E-state index contributed by atoms with van der Waals surface area (Å²) in [6, 6.07) is 26.2. The first-order chi connectivity index (χ1) is 17.2. The molecule has 3 heteroatoms. The fraction of sp³-hybridized carbons (Fsp3) is 0.375. The second kappa shape index (κ2) is 11.4. The van der Waals surface area contributed by atoms with Gasteiger partial charge in [0.2, 0.25) is 0 Å². The zero-order valence-electron chi connectivity index (χ0n) is 20.3. The van der Waals surface area contributed by atoms with Crippen molar-refractivity contribution in [3.63, 3.8) is 0 Å². The Morgan fingerprint density at radius 1 is 0.714 bits per heavy atom. The molecule has 180 valence electrons. The summed E-state index contributed by atoms with van der Waals surface area (Å²) < 4.78 is 22.1. The highest BCUT2D eigenvalue weighted by atomic mass is 32.2. The maximum absolute atomic E-state index is 15.6. The molecule has 0 N–H and O–H groups in total. The standard InChI is InChI=1S/C32H34FOS/c33-30-25-29(35(27-15-7-2-8-16-27)28-17-9-3-10-18-28)19-20-31(30)34-32(22-11-4-12-23-32)24-21-26-13-5-1-6-14-26/h2-3,7-10,15-20,25-26H,1,4-6,11-14,22-23H2/q+1. The molecule has 3 aromatic rings. The molecule has 0 aliphatic heterocycles. The summed E-state index contributed by atoms with van der Waals surface area (Å²) in [5.74, 6) is 7.59. The molecule has 2 saturated carbocycles. The summed E-state index contributed by atoms with van der Waals surface area (Å²) in [5.41, 5.74) is -0.557. The molecule has 0 amide bonds. The van der Waals surface area contributed by atoms with Crippen LogP contribution in [0.15, 0.2) is 93.5 Å². The van der Waals surface area contributed by atoms with Gasteiger partial charge < -0.3 is 4.74 Å². The Hall–Kier alpha value is -2.70. The highest BCUT2D eigenvalue weighted by molar-refractivity contribution is 7.97. The van der Waals surface area contributed by atoms with Crippen molar-refractivity contribution in [1.82, 2.24) is 0 Å². The third kappa shape index (κ3) is 5.93. The van der Waals surface area contributed by atoms with Crippen LogP contribution in [-0.4, -0.2) is 5.60 Å². The summed E-state index contributed by atoms with van der Waals surface area (Å²) >= 11 is 0. The zero-order valence-corrected chi connectivity index (χ0v) is 21.2. The number of ether oxygens (including phenoxy) is 1. The molecule has 2 fully saturated rings. The summed E-state index contributed by atoms with van der Waals surface area (Å²) in [7, 11) is -0.381. The fourth-order valence-corrected chi connectivity index (χ4v) is 7.38. The summed E-state index contributed by atoms with van der Waals surface area (Å²) in [5, 5.41) is 0. The van der Waals surface area contributed by atoms with E-state index in [1.54, 1.807) is 6.07 Å². The molecular weight excluding hydrogens is 451 g/mol. The van der Waals surface area contributed by atoms with E-state index in [-0.39, 0.29) is 16.7 Å².